The van der Waals surface area contributed by atoms with Crippen LogP contribution in [0, 0.1) is 11.7 Å². The van der Waals surface area contributed by atoms with E-state index in [0.29, 0.717) is 5.92 Å². The molecule has 2 nitrogen and oxygen atoms in total. The molecule has 104 valence electrons. The van der Waals surface area contributed by atoms with Gasteiger partial charge in [0.15, 0.2) is 0 Å². The fourth-order valence-electron chi connectivity index (χ4n) is 3.15. The van der Waals surface area contributed by atoms with Gasteiger partial charge in [-0.25, -0.2) is 4.39 Å². The van der Waals surface area contributed by atoms with Crippen molar-refractivity contribution in [3.05, 3.63) is 29.6 Å². The number of aliphatic hydroxyl groups is 1. The van der Waals surface area contributed by atoms with Crippen molar-refractivity contribution in [2.75, 3.05) is 12.3 Å². The number of halogens is 1. The maximum Gasteiger partial charge on any atom is 0.137 e. The molecule has 1 heterocycles. The van der Waals surface area contributed by atoms with E-state index in [2.05, 4.69) is 5.32 Å². The van der Waals surface area contributed by atoms with Gasteiger partial charge in [-0.15, -0.1) is 11.8 Å². The van der Waals surface area contributed by atoms with Gasteiger partial charge in [0, 0.05) is 17.5 Å². The minimum absolute atomic E-state index is 0.102. The number of benzene rings is 1. The molecule has 4 heteroatoms. The van der Waals surface area contributed by atoms with Crippen LogP contribution in [-0.4, -0.2) is 23.5 Å². The molecular formula is C15H20FNOS. The Hall–Kier alpha value is -0.580. The molecule has 1 aliphatic carbocycles. The lowest BCUT2D eigenvalue weighted by Crippen LogP contribution is -2.32. The molecule has 1 aromatic carbocycles. The summed E-state index contributed by atoms with van der Waals surface area (Å²) in [6.45, 7) is 0.840. The molecule has 2 N–H and O–H groups in total. The van der Waals surface area contributed by atoms with Crippen molar-refractivity contribution in [1.29, 1.82) is 0 Å². The Bertz CT molecular complexity index is 454. The van der Waals surface area contributed by atoms with E-state index in [1.165, 1.54) is 6.07 Å². The molecule has 0 bridgehead atoms. The minimum atomic E-state index is -0.155. The lowest BCUT2D eigenvalue weighted by molar-refractivity contribution is 0.129. The summed E-state index contributed by atoms with van der Waals surface area (Å²) in [6, 6.07) is 5.58. The van der Waals surface area contributed by atoms with Gasteiger partial charge in [-0.05, 0) is 42.6 Å². The van der Waals surface area contributed by atoms with Gasteiger partial charge >= 0.3 is 0 Å². The second kappa shape index (κ2) is 5.81. The molecule has 1 aliphatic heterocycles. The Labute approximate surface area is 117 Å². The van der Waals surface area contributed by atoms with Gasteiger partial charge in [-0.1, -0.05) is 18.6 Å². The van der Waals surface area contributed by atoms with Crippen LogP contribution in [0.4, 0.5) is 4.39 Å². The summed E-state index contributed by atoms with van der Waals surface area (Å²) in [5.41, 5.74) is 1.09. The molecule has 3 unspecified atom stereocenters. The Balaban J connectivity index is 1.68. The summed E-state index contributed by atoms with van der Waals surface area (Å²) in [5.74, 6) is 1.22. The summed E-state index contributed by atoms with van der Waals surface area (Å²) >= 11 is 1.61. The maximum atomic E-state index is 13.8. The average Bonchev–Trinajstić information content (AvgIpc) is 2.82. The summed E-state index contributed by atoms with van der Waals surface area (Å²) in [7, 11) is 0. The summed E-state index contributed by atoms with van der Waals surface area (Å²) in [4.78, 5) is 0.804. The van der Waals surface area contributed by atoms with E-state index >= 15 is 0 Å². The van der Waals surface area contributed by atoms with E-state index in [9.17, 15) is 9.50 Å². The van der Waals surface area contributed by atoms with Crippen molar-refractivity contribution in [2.24, 2.45) is 5.92 Å². The van der Waals surface area contributed by atoms with Crippen LogP contribution in [-0.2, 0) is 0 Å². The zero-order valence-corrected chi connectivity index (χ0v) is 11.8. The molecule has 1 fully saturated rings. The van der Waals surface area contributed by atoms with E-state index < -0.39 is 0 Å². The molecule has 0 saturated heterocycles. The third-order valence-electron chi connectivity index (χ3n) is 4.27. The van der Waals surface area contributed by atoms with E-state index in [0.717, 1.165) is 48.4 Å². The first-order valence-corrected chi connectivity index (χ1v) is 8.07. The molecule has 0 amide bonds. The van der Waals surface area contributed by atoms with Crippen LogP contribution in [0.1, 0.15) is 37.3 Å². The third-order valence-corrected chi connectivity index (χ3v) is 5.43. The quantitative estimate of drug-likeness (QED) is 0.893. The molecule has 3 rings (SSSR count). The zero-order valence-electron chi connectivity index (χ0n) is 10.9. The molecule has 3 atom stereocenters. The van der Waals surface area contributed by atoms with Crippen LogP contribution < -0.4 is 5.32 Å². The Morgan fingerprint density at radius 2 is 2.21 bits per heavy atom. The molecule has 0 radical (unpaired) electrons. The normalized spacial score (nSPS) is 30.3. The fraction of sp³-hybridized carbons (Fsp3) is 0.600. The number of aliphatic hydroxyl groups excluding tert-OH is 1. The first-order chi connectivity index (χ1) is 9.25. The van der Waals surface area contributed by atoms with Crippen molar-refractivity contribution < 1.29 is 9.50 Å². The number of fused-ring (bicyclic) bond motifs is 1. The highest BCUT2D eigenvalue weighted by atomic mass is 32.2. The van der Waals surface area contributed by atoms with Gasteiger partial charge in [0.1, 0.15) is 5.82 Å². The minimum Gasteiger partial charge on any atom is -0.393 e. The highest BCUT2D eigenvalue weighted by Gasteiger charge is 2.28. The molecule has 2 aliphatic rings. The monoisotopic (exact) mass is 281 g/mol. The van der Waals surface area contributed by atoms with Crippen LogP contribution >= 0.6 is 11.8 Å². The Morgan fingerprint density at radius 1 is 1.32 bits per heavy atom. The lowest BCUT2D eigenvalue weighted by atomic mass is 10.0. The van der Waals surface area contributed by atoms with Crippen molar-refractivity contribution in [1.82, 2.24) is 5.32 Å². The molecule has 1 saturated carbocycles. The third kappa shape index (κ3) is 2.81. The highest BCUT2D eigenvalue weighted by molar-refractivity contribution is 7.99. The van der Waals surface area contributed by atoms with Gasteiger partial charge < -0.3 is 10.4 Å². The smallest absolute Gasteiger partial charge is 0.137 e. The molecule has 19 heavy (non-hydrogen) atoms. The van der Waals surface area contributed by atoms with Crippen LogP contribution in [0.2, 0.25) is 0 Å². The maximum absolute atomic E-state index is 13.8. The molecule has 1 aromatic rings. The molecular weight excluding hydrogens is 261 g/mol. The van der Waals surface area contributed by atoms with Crippen LogP contribution in [0.25, 0.3) is 0 Å². The van der Waals surface area contributed by atoms with E-state index in [-0.39, 0.29) is 18.0 Å². The van der Waals surface area contributed by atoms with Gasteiger partial charge in [-0.2, -0.15) is 0 Å². The van der Waals surface area contributed by atoms with E-state index in [1.54, 1.807) is 17.8 Å². The van der Waals surface area contributed by atoms with Crippen LogP contribution in [0.3, 0.4) is 0 Å². The second-order valence-corrected chi connectivity index (χ2v) is 6.62. The first kappa shape index (κ1) is 13.4. The van der Waals surface area contributed by atoms with Gasteiger partial charge in [-0.3, -0.25) is 0 Å². The molecule has 0 spiro atoms. The lowest BCUT2D eigenvalue weighted by Gasteiger charge is -2.28. The van der Waals surface area contributed by atoms with Gasteiger partial charge in [0.05, 0.1) is 6.10 Å². The number of rotatable bonds is 3. The Kier molecular flexibility index (Phi) is 4.10. The van der Waals surface area contributed by atoms with Crippen molar-refractivity contribution >= 4 is 11.8 Å². The summed E-state index contributed by atoms with van der Waals surface area (Å²) < 4.78 is 13.8. The topological polar surface area (TPSA) is 32.3 Å². The van der Waals surface area contributed by atoms with E-state index in [4.69, 9.17) is 0 Å². The summed E-state index contributed by atoms with van der Waals surface area (Å²) in [6.07, 6.45) is 4.03. The first-order valence-electron chi connectivity index (χ1n) is 7.08. The van der Waals surface area contributed by atoms with Gasteiger partial charge in [0.2, 0.25) is 0 Å². The van der Waals surface area contributed by atoms with E-state index in [1.807, 2.05) is 6.07 Å². The number of nitrogens with one attached hydrogen (secondary N) is 1. The predicted octanol–water partition coefficient (Wildman–Crippen LogP) is 3.11. The zero-order chi connectivity index (χ0) is 13.2. The van der Waals surface area contributed by atoms with Crippen molar-refractivity contribution in [2.45, 2.75) is 42.7 Å². The van der Waals surface area contributed by atoms with Crippen LogP contribution in [0.5, 0.6) is 0 Å². The molecule has 0 aromatic heterocycles. The van der Waals surface area contributed by atoms with Gasteiger partial charge in [0.25, 0.3) is 0 Å². The average molecular weight is 281 g/mol. The Morgan fingerprint density at radius 3 is 3.00 bits per heavy atom. The highest BCUT2D eigenvalue weighted by Crippen LogP contribution is 2.38. The predicted molar refractivity (Wildman–Crippen MR) is 75.8 cm³/mol. The fourth-order valence-corrected chi connectivity index (χ4v) is 4.29. The number of hydrogen-bond donors (Lipinski definition) is 2. The second-order valence-electron chi connectivity index (χ2n) is 5.51. The standard InChI is InChI=1S/C15H20FNOS/c16-12-5-2-4-11-13(7-8-19-15(11)12)17-9-10-3-1-6-14(10)18/h2,4-5,10,13-14,17-18H,1,3,6-9H2. The SMILES string of the molecule is OC1CCCC1CNC1CCSc2c(F)cccc21. The van der Waals surface area contributed by atoms with Crippen LogP contribution in [0.15, 0.2) is 23.1 Å². The van der Waals surface area contributed by atoms with Crippen molar-refractivity contribution in [3.8, 4) is 0 Å². The van der Waals surface area contributed by atoms with Crippen molar-refractivity contribution in [3.63, 3.8) is 0 Å². The largest absolute Gasteiger partial charge is 0.393 e. The number of thioether (sulfide) groups is 1. The summed E-state index contributed by atoms with van der Waals surface area (Å²) in [5, 5.41) is 13.4. The number of hydrogen-bond acceptors (Lipinski definition) is 3.